The Balaban J connectivity index is 2.19. The number of benzene rings is 2. The molecule has 0 atom stereocenters. The molecular formula is C16H16N2O4. The zero-order valence-electron chi connectivity index (χ0n) is 12.3. The zero-order valence-corrected chi connectivity index (χ0v) is 12.3. The molecule has 0 aliphatic heterocycles. The van der Waals surface area contributed by atoms with E-state index in [0.717, 1.165) is 5.75 Å². The lowest BCUT2D eigenvalue weighted by molar-refractivity contribution is 0.0523. The van der Waals surface area contributed by atoms with Crippen LogP contribution in [-0.4, -0.2) is 24.8 Å². The molecule has 0 spiro atoms. The number of methoxy groups -OCH3 is 1. The fourth-order valence-corrected chi connectivity index (χ4v) is 1.72. The van der Waals surface area contributed by atoms with Crippen LogP contribution in [0.5, 0.6) is 11.5 Å². The lowest BCUT2D eigenvalue weighted by Crippen LogP contribution is -2.04. The molecule has 114 valence electrons. The van der Waals surface area contributed by atoms with E-state index in [1.54, 1.807) is 44.4 Å². The van der Waals surface area contributed by atoms with Crippen LogP contribution in [0, 0.1) is 0 Å². The number of aromatic hydroxyl groups is 1. The first-order valence-electron chi connectivity index (χ1n) is 6.70. The van der Waals surface area contributed by atoms with Crippen LogP contribution in [-0.2, 0) is 4.74 Å². The van der Waals surface area contributed by atoms with Crippen LogP contribution in [0.15, 0.2) is 52.7 Å². The summed E-state index contributed by atoms with van der Waals surface area (Å²) in [6.45, 7) is 1.93. The molecule has 1 N–H and O–H groups in total. The Morgan fingerprint density at radius 2 is 1.73 bits per heavy atom. The number of ether oxygens (including phenoxy) is 2. The Hall–Kier alpha value is -2.89. The van der Waals surface area contributed by atoms with Crippen molar-refractivity contribution in [3.63, 3.8) is 0 Å². The predicted octanol–water partition coefficient (Wildman–Crippen LogP) is 3.99. The smallest absolute Gasteiger partial charge is 0.341 e. The van der Waals surface area contributed by atoms with Crippen LogP contribution >= 0.6 is 0 Å². The Labute approximate surface area is 128 Å². The van der Waals surface area contributed by atoms with Crippen molar-refractivity contribution in [1.82, 2.24) is 0 Å². The Kier molecular flexibility index (Phi) is 5.08. The van der Waals surface area contributed by atoms with Gasteiger partial charge in [-0.3, -0.25) is 0 Å². The van der Waals surface area contributed by atoms with Crippen LogP contribution in [0.25, 0.3) is 0 Å². The molecule has 0 saturated heterocycles. The summed E-state index contributed by atoms with van der Waals surface area (Å²) in [5.74, 6) is -0.0171. The van der Waals surface area contributed by atoms with Gasteiger partial charge in [-0.2, -0.15) is 10.2 Å². The molecule has 22 heavy (non-hydrogen) atoms. The van der Waals surface area contributed by atoms with Gasteiger partial charge in [-0.1, -0.05) is 0 Å². The highest BCUT2D eigenvalue weighted by molar-refractivity contribution is 5.93. The number of hydrogen-bond acceptors (Lipinski definition) is 6. The van der Waals surface area contributed by atoms with Gasteiger partial charge in [0.15, 0.2) is 0 Å². The van der Waals surface area contributed by atoms with Crippen molar-refractivity contribution in [3.05, 3.63) is 48.0 Å². The molecule has 0 unspecified atom stereocenters. The van der Waals surface area contributed by atoms with Gasteiger partial charge in [0.25, 0.3) is 0 Å². The fourth-order valence-electron chi connectivity index (χ4n) is 1.72. The van der Waals surface area contributed by atoms with Crippen molar-refractivity contribution in [2.45, 2.75) is 6.92 Å². The molecule has 0 amide bonds. The van der Waals surface area contributed by atoms with E-state index in [-0.39, 0.29) is 17.9 Å². The lowest BCUT2D eigenvalue weighted by atomic mass is 10.2. The van der Waals surface area contributed by atoms with E-state index in [4.69, 9.17) is 9.47 Å². The second kappa shape index (κ2) is 7.21. The summed E-state index contributed by atoms with van der Waals surface area (Å²) in [4.78, 5) is 11.7. The molecule has 2 aromatic carbocycles. The van der Waals surface area contributed by atoms with Gasteiger partial charge < -0.3 is 14.6 Å². The first-order chi connectivity index (χ1) is 10.6. The lowest BCUT2D eigenvalue weighted by Gasteiger charge is -2.04. The first-order valence-corrected chi connectivity index (χ1v) is 6.70. The standard InChI is InChI=1S/C16H16N2O4/c1-3-22-16(20)14-10-12(6-9-15(14)19)18-17-11-4-7-13(21-2)8-5-11/h4-10,19H,3H2,1-2H3. The van der Waals surface area contributed by atoms with Crippen molar-refractivity contribution in [2.24, 2.45) is 10.2 Å². The highest BCUT2D eigenvalue weighted by atomic mass is 16.5. The molecule has 6 heteroatoms. The number of carbonyl (C=O) groups excluding carboxylic acids is 1. The summed E-state index contributed by atoms with van der Waals surface area (Å²) in [7, 11) is 1.59. The Morgan fingerprint density at radius 1 is 1.09 bits per heavy atom. The van der Waals surface area contributed by atoms with Crippen LogP contribution in [0.4, 0.5) is 11.4 Å². The molecule has 6 nitrogen and oxygen atoms in total. The van der Waals surface area contributed by atoms with Crippen LogP contribution in [0.2, 0.25) is 0 Å². The van der Waals surface area contributed by atoms with Gasteiger partial charge in [0, 0.05) is 0 Å². The van der Waals surface area contributed by atoms with E-state index in [9.17, 15) is 9.90 Å². The van der Waals surface area contributed by atoms with Crippen molar-refractivity contribution >= 4 is 17.3 Å². The molecule has 2 rings (SSSR count). The maximum Gasteiger partial charge on any atom is 0.341 e. The van der Waals surface area contributed by atoms with Gasteiger partial charge >= 0.3 is 5.97 Å². The highest BCUT2D eigenvalue weighted by Crippen LogP contribution is 2.26. The molecule has 0 aromatic heterocycles. The van der Waals surface area contributed by atoms with Gasteiger partial charge in [0.05, 0.1) is 25.1 Å². The van der Waals surface area contributed by atoms with Crippen molar-refractivity contribution < 1.29 is 19.4 Å². The molecule has 0 bridgehead atoms. The molecular weight excluding hydrogens is 284 g/mol. The van der Waals surface area contributed by atoms with Crippen LogP contribution in [0.3, 0.4) is 0 Å². The molecule has 0 radical (unpaired) electrons. The van der Waals surface area contributed by atoms with Crippen LogP contribution < -0.4 is 4.74 Å². The SMILES string of the molecule is CCOC(=O)c1cc(N=Nc2ccc(OC)cc2)ccc1O. The van der Waals surface area contributed by atoms with E-state index in [1.807, 2.05) is 0 Å². The second-order valence-corrected chi connectivity index (χ2v) is 4.32. The number of esters is 1. The summed E-state index contributed by atoms with van der Waals surface area (Å²) in [6.07, 6.45) is 0. The number of rotatable bonds is 5. The third-order valence-corrected chi connectivity index (χ3v) is 2.83. The normalized spacial score (nSPS) is 10.6. The molecule has 0 fully saturated rings. The van der Waals surface area contributed by atoms with Crippen molar-refractivity contribution in [1.29, 1.82) is 0 Å². The van der Waals surface area contributed by atoms with Gasteiger partial charge in [0.2, 0.25) is 0 Å². The van der Waals surface area contributed by atoms with E-state index in [0.29, 0.717) is 11.4 Å². The number of carbonyl (C=O) groups is 1. The number of phenols is 1. The summed E-state index contributed by atoms with van der Waals surface area (Å²) >= 11 is 0. The predicted molar refractivity (Wildman–Crippen MR) is 81.2 cm³/mol. The highest BCUT2D eigenvalue weighted by Gasteiger charge is 2.12. The van der Waals surface area contributed by atoms with E-state index in [1.165, 1.54) is 12.1 Å². The number of phenolic OH excluding ortho intramolecular Hbond substituents is 1. The minimum Gasteiger partial charge on any atom is -0.507 e. The monoisotopic (exact) mass is 300 g/mol. The third-order valence-electron chi connectivity index (χ3n) is 2.83. The zero-order chi connectivity index (χ0) is 15.9. The van der Waals surface area contributed by atoms with E-state index in [2.05, 4.69) is 10.2 Å². The molecule has 0 aliphatic rings. The van der Waals surface area contributed by atoms with Gasteiger partial charge in [-0.05, 0) is 49.4 Å². The second-order valence-electron chi connectivity index (χ2n) is 4.32. The summed E-state index contributed by atoms with van der Waals surface area (Å²) in [5.41, 5.74) is 1.15. The Bertz CT molecular complexity index is 681. The largest absolute Gasteiger partial charge is 0.507 e. The van der Waals surface area contributed by atoms with E-state index < -0.39 is 5.97 Å². The maximum absolute atomic E-state index is 11.7. The third kappa shape index (κ3) is 3.82. The van der Waals surface area contributed by atoms with Crippen molar-refractivity contribution in [2.75, 3.05) is 13.7 Å². The average molecular weight is 300 g/mol. The summed E-state index contributed by atoms with van der Waals surface area (Å²) in [6, 6.07) is 11.4. The molecule has 0 saturated carbocycles. The van der Waals surface area contributed by atoms with Gasteiger partial charge in [-0.15, -0.1) is 0 Å². The molecule has 0 aliphatic carbocycles. The maximum atomic E-state index is 11.7. The summed E-state index contributed by atoms with van der Waals surface area (Å²) in [5, 5.41) is 17.8. The minimum absolute atomic E-state index is 0.0630. The van der Waals surface area contributed by atoms with Crippen LogP contribution in [0.1, 0.15) is 17.3 Å². The molecule has 0 heterocycles. The Morgan fingerprint density at radius 3 is 2.36 bits per heavy atom. The molecule has 2 aromatic rings. The van der Waals surface area contributed by atoms with Gasteiger partial charge in [-0.25, -0.2) is 4.79 Å². The first kappa shape index (κ1) is 15.5. The van der Waals surface area contributed by atoms with E-state index >= 15 is 0 Å². The topological polar surface area (TPSA) is 80.5 Å². The number of azo groups is 1. The number of hydrogen-bond donors (Lipinski definition) is 1. The quantitative estimate of drug-likeness (QED) is 0.668. The number of nitrogens with zero attached hydrogens (tertiary/aromatic N) is 2. The average Bonchev–Trinajstić information content (AvgIpc) is 2.54. The summed E-state index contributed by atoms with van der Waals surface area (Å²) < 4.78 is 9.93. The van der Waals surface area contributed by atoms with Crippen molar-refractivity contribution in [3.8, 4) is 11.5 Å². The fraction of sp³-hybridized carbons (Fsp3) is 0.188. The minimum atomic E-state index is -0.596. The van der Waals surface area contributed by atoms with Gasteiger partial charge in [0.1, 0.15) is 17.1 Å².